The van der Waals surface area contributed by atoms with Gasteiger partial charge in [0.15, 0.2) is 0 Å². The van der Waals surface area contributed by atoms with Crippen LogP contribution < -0.4 is 11.1 Å². The van der Waals surface area contributed by atoms with Gasteiger partial charge in [-0.2, -0.15) is 0 Å². The number of hydrogen-bond donors (Lipinski definition) is 2. The SMILES string of the molecule is Cc1cc2c(o1)CC(C)(C)C[C@H]2NC(=O)N1CCC(C(N)=O)CC1. The summed E-state index contributed by atoms with van der Waals surface area (Å²) in [5.74, 6) is 1.51. The van der Waals surface area contributed by atoms with E-state index < -0.39 is 0 Å². The first-order valence-electron chi connectivity index (χ1n) is 8.69. The Labute approximate surface area is 142 Å². The number of furan rings is 1. The highest BCUT2D eigenvalue weighted by atomic mass is 16.3. The number of nitrogens with one attached hydrogen (secondary N) is 1. The third-order valence-corrected chi connectivity index (χ3v) is 5.22. The Morgan fingerprint density at radius 2 is 2.00 bits per heavy atom. The summed E-state index contributed by atoms with van der Waals surface area (Å²) in [5, 5.41) is 3.17. The Bertz CT molecular complexity index is 642. The van der Waals surface area contributed by atoms with Gasteiger partial charge in [-0.25, -0.2) is 4.79 Å². The number of amides is 3. The van der Waals surface area contributed by atoms with Crippen molar-refractivity contribution in [1.29, 1.82) is 0 Å². The molecule has 1 aliphatic heterocycles. The van der Waals surface area contributed by atoms with Crippen LogP contribution >= 0.6 is 0 Å². The van der Waals surface area contributed by atoms with E-state index in [-0.39, 0.29) is 29.3 Å². The summed E-state index contributed by atoms with van der Waals surface area (Å²) in [4.78, 5) is 25.7. The first-order valence-corrected chi connectivity index (χ1v) is 8.69. The van der Waals surface area contributed by atoms with E-state index in [1.807, 2.05) is 13.0 Å². The second-order valence-electron chi connectivity index (χ2n) is 7.95. The lowest BCUT2D eigenvalue weighted by Crippen LogP contribution is -2.48. The molecule has 3 N–H and O–H groups in total. The Hall–Kier alpha value is -1.98. The van der Waals surface area contributed by atoms with Gasteiger partial charge in [-0.3, -0.25) is 4.79 Å². The summed E-state index contributed by atoms with van der Waals surface area (Å²) >= 11 is 0. The van der Waals surface area contributed by atoms with E-state index >= 15 is 0 Å². The molecule has 0 saturated carbocycles. The molecule has 0 radical (unpaired) electrons. The van der Waals surface area contributed by atoms with E-state index in [1.165, 1.54) is 0 Å². The minimum atomic E-state index is -0.261. The number of fused-ring (bicyclic) bond motifs is 1. The minimum Gasteiger partial charge on any atom is -0.466 e. The van der Waals surface area contributed by atoms with Crippen LogP contribution in [0.4, 0.5) is 4.79 Å². The van der Waals surface area contributed by atoms with Gasteiger partial charge in [0.2, 0.25) is 5.91 Å². The van der Waals surface area contributed by atoms with Gasteiger partial charge in [-0.15, -0.1) is 0 Å². The van der Waals surface area contributed by atoms with E-state index in [2.05, 4.69) is 19.2 Å². The Kier molecular flexibility index (Phi) is 4.32. The molecule has 1 fully saturated rings. The smallest absolute Gasteiger partial charge is 0.317 e. The zero-order chi connectivity index (χ0) is 17.5. The fourth-order valence-corrected chi connectivity index (χ4v) is 3.92. The molecule has 1 aromatic heterocycles. The van der Waals surface area contributed by atoms with Crippen molar-refractivity contribution < 1.29 is 14.0 Å². The molecule has 3 amide bonds. The lowest BCUT2D eigenvalue weighted by Gasteiger charge is -2.37. The van der Waals surface area contributed by atoms with Gasteiger partial charge in [-0.05, 0) is 37.7 Å². The number of carbonyl (C=O) groups excluding carboxylic acids is 2. The minimum absolute atomic E-state index is 0.0254. The molecule has 3 rings (SSSR count). The lowest BCUT2D eigenvalue weighted by molar-refractivity contribution is -0.123. The van der Waals surface area contributed by atoms with Gasteiger partial charge in [0.05, 0.1) is 6.04 Å². The molecule has 0 spiro atoms. The third kappa shape index (κ3) is 3.42. The van der Waals surface area contributed by atoms with Crippen LogP contribution in [-0.4, -0.2) is 29.9 Å². The highest BCUT2D eigenvalue weighted by molar-refractivity contribution is 5.78. The fraction of sp³-hybridized carbons (Fsp3) is 0.667. The van der Waals surface area contributed by atoms with Crippen LogP contribution in [0.3, 0.4) is 0 Å². The zero-order valence-electron chi connectivity index (χ0n) is 14.7. The Balaban J connectivity index is 1.67. The number of nitrogens with zero attached hydrogens (tertiary/aromatic N) is 1. The summed E-state index contributed by atoms with van der Waals surface area (Å²) in [6.07, 6.45) is 3.08. The predicted molar refractivity (Wildman–Crippen MR) is 90.3 cm³/mol. The maximum absolute atomic E-state index is 12.6. The molecule has 1 saturated heterocycles. The Morgan fingerprint density at radius 3 is 2.62 bits per heavy atom. The normalized spacial score (nSPS) is 23.6. The average molecular weight is 333 g/mol. The summed E-state index contributed by atoms with van der Waals surface area (Å²) in [6.45, 7) is 7.50. The molecule has 0 unspecified atom stereocenters. The van der Waals surface area contributed by atoms with Crippen molar-refractivity contribution >= 4 is 11.9 Å². The maximum atomic E-state index is 12.6. The van der Waals surface area contributed by atoms with E-state index in [9.17, 15) is 9.59 Å². The van der Waals surface area contributed by atoms with Gasteiger partial charge in [0, 0.05) is 31.0 Å². The molecule has 1 aromatic rings. The van der Waals surface area contributed by atoms with Gasteiger partial charge < -0.3 is 20.4 Å². The molecule has 2 heterocycles. The number of primary amides is 1. The van der Waals surface area contributed by atoms with Gasteiger partial charge in [-0.1, -0.05) is 13.8 Å². The molecule has 2 aliphatic rings. The van der Waals surface area contributed by atoms with Crippen molar-refractivity contribution in [2.24, 2.45) is 17.1 Å². The molecule has 0 aromatic carbocycles. The van der Waals surface area contributed by atoms with Crippen molar-refractivity contribution in [3.05, 3.63) is 23.2 Å². The van der Waals surface area contributed by atoms with E-state index in [0.29, 0.717) is 25.9 Å². The standard InChI is InChI=1S/C18H27N3O3/c1-11-8-13-14(9-18(2,3)10-15(13)24-11)20-17(23)21-6-4-12(5-7-21)16(19)22/h8,12,14H,4-7,9-10H2,1-3H3,(H2,19,22)(H,20,23)/t14-/m1/s1. The number of piperidine rings is 1. The van der Waals surface area contributed by atoms with Crippen LogP contribution in [0.25, 0.3) is 0 Å². The molecular weight excluding hydrogens is 306 g/mol. The highest BCUT2D eigenvalue weighted by Gasteiger charge is 2.36. The van der Waals surface area contributed by atoms with Crippen LogP contribution in [0.2, 0.25) is 0 Å². The summed E-state index contributed by atoms with van der Waals surface area (Å²) in [5.41, 5.74) is 6.55. The quantitative estimate of drug-likeness (QED) is 0.871. The van der Waals surface area contributed by atoms with Crippen molar-refractivity contribution in [3.63, 3.8) is 0 Å². The fourth-order valence-electron chi connectivity index (χ4n) is 3.92. The van der Waals surface area contributed by atoms with Crippen molar-refractivity contribution in [1.82, 2.24) is 10.2 Å². The van der Waals surface area contributed by atoms with Crippen LogP contribution in [0, 0.1) is 18.3 Å². The first kappa shape index (κ1) is 16.9. The zero-order valence-corrected chi connectivity index (χ0v) is 14.7. The van der Waals surface area contributed by atoms with Crippen LogP contribution in [0.5, 0.6) is 0 Å². The summed E-state index contributed by atoms with van der Waals surface area (Å²) < 4.78 is 5.82. The van der Waals surface area contributed by atoms with Gasteiger partial charge in [0.25, 0.3) is 0 Å². The van der Waals surface area contributed by atoms with Crippen LogP contribution in [-0.2, 0) is 11.2 Å². The Morgan fingerprint density at radius 1 is 1.33 bits per heavy atom. The number of hydrogen-bond acceptors (Lipinski definition) is 3. The lowest BCUT2D eigenvalue weighted by atomic mass is 9.75. The van der Waals surface area contributed by atoms with Gasteiger partial charge in [0.1, 0.15) is 11.5 Å². The number of urea groups is 1. The second kappa shape index (κ2) is 6.15. The molecule has 0 bridgehead atoms. The third-order valence-electron chi connectivity index (χ3n) is 5.22. The number of nitrogens with two attached hydrogens (primary N) is 1. The molecule has 132 valence electrons. The van der Waals surface area contributed by atoms with E-state index in [1.54, 1.807) is 4.90 Å². The predicted octanol–water partition coefficient (Wildman–Crippen LogP) is 2.51. The van der Waals surface area contributed by atoms with Crippen LogP contribution in [0.15, 0.2) is 10.5 Å². The van der Waals surface area contributed by atoms with Crippen LogP contribution in [0.1, 0.15) is 56.2 Å². The summed E-state index contributed by atoms with van der Waals surface area (Å²) in [7, 11) is 0. The van der Waals surface area contributed by atoms with E-state index in [4.69, 9.17) is 10.2 Å². The molecule has 24 heavy (non-hydrogen) atoms. The molecule has 6 nitrogen and oxygen atoms in total. The van der Waals surface area contributed by atoms with Crippen molar-refractivity contribution in [2.75, 3.05) is 13.1 Å². The molecule has 1 atom stereocenters. The average Bonchev–Trinajstić information content (AvgIpc) is 2.86. The number of aryl methyl sites for hydroxylation is 1. The van der Waals surface area contributed by atoms with Crippen molar-refractivity contribution in [3.8, 4) is 0 Å². The number of rotatable bonds is 2. The monoisotopic (exact) mass is 333 g/mol. The van der Waals surface area contributed by atoms with Gasteiger partial charge >= 0.3 is 6.03 Å². The number of likely N-dealkylation sites (tertiary alicyclic amines) is 1. The molecule has 6 heteroatoms. The second-order valence-corrected chi connectivity index (χ2v) is 7.95. The van der Waals surface area contributed by atoms with E-state index in [0.717, 1.165) is 29.9 Å². The largest absolute Gasteiger partial charge is 0.466 e. The molecular formula is C18H27N3O3. The topological polar surface area (TPSA) is 88.6 Å². The summed E-state index contributed by atoms with van der Waals surface area (Å²) in [6, 6.07) is 1.95. The maximum Gasteiger partial charge on any atom is 0.317 e. The number of carbonyl (C=O) groups is 2. The van der Waals surface area contributed by atoms with Crippen molar-refractivity contribution in [2.45, 2.75) is 52.5 Å². The first-order chi connectivity index (χ1) is 11.2. The highest BCUT2D eigenvalue weighted by Crippen LogP contribution is 2.42. The molecule has 1 aliphatic carbocycles.